The average molecular weight is 322 g/mol. The van der Waals surface area contributed by atoms with Crippen molar-refractivity contribution in [1.82, 2.24) is 4.72 Å². The van der Waals surface area contributed by atoms with Crippen molar-refractivity contribution in [3.05, 3.63) is 28.8 Å². The van der Waals surface area contributed by atoms with E-state index in [0.717, 1.165) is 12.1 Å². The van der Waals surface area contributed by atoms with Crippen LogP contribution in [0.1, 0.15) is 17.3 Å². The molecule has 0 amide bonds. The molecule has 0 spiro atoms. The lowest BCUT2D eigenvalue weighted by Gasteiger charge is -2.11. The van der Waals surface area contributed by atoms with Crippen LogP contribution >= 0.6 is 11.6 Å². The number of methoxy groups -OCH3 is 1. The Hall–Kier alpha value is -1.64. The number of halogens is 1. The monoisotopic (exact) mass is 321 g/mol. The number of nitrogens with one attached hydrogen (secondary N) is 1. The summed E-state index contributed by atoms with van der Waals surface area (Å²) < 4.78 is 30.3. The molecule has 0 heterocycles. The maximum atomic E-state index is 11.9. The van der Waals surface area contributed by atoms with Crippen molar-refractivity contribution in [1.29, 1.82) is 0 Å². The van der Waals surface area contributed by atoms with Gasteiger partial charge in [0.2, 0.25) is 10.0 Å². The zero-order valence-corrected chi connectivity index (χ0v) is 12.2. The Bertz CT molecular complexity index is 642. The lowest BCUT2D eigenvalue weighted by Crippen LogP contribution is -2.38. The van der Waals surface area contributed by atoms with Crippen LogP contribution in [0, 0.1) is 0 Å². The molecular weight excluding hydrogens is 310 g/mol. The highest BCUT2D eigenvalue weighted by atomic mass is 35.5. The summed E-state index contributed by atoms with van der Waals surface area (Å²) in [5.41, 5.74) is 0.0859. The summed E-state index contributed by atoms with van der Waals surface area (Å²) >= 11 is 5.80. The van der Waals surface area contributed by atoms with E-state index in [1.165, 1.54) is 20.1 Å². The highest BCUT2D eigenvalue weighted by Crippen LogP contribution is 2.23. The van der Waals surface area contributed by atoms with Gasteiger partial charge in [-0.3, -0.25) is 4.79 Å². The third-order valence-corrected chi connectivity index (χ3v) is 4.37. The van der Waals surface area contributed by atoms with E-state index in [4.69, 9.17) is 16.7 Å². The van der Waals surface area contributed by atoms with Gasteiger partial charge in [0.15, 0.2) is 0 Å². The van der Waals surface area contributed by atoms with Crippen molar-refractivity contribution in [3.8, 4) is 0 Å². The zero-order valence-electron chi connectivity index (χ0n) is 10.6. The van der Waals surface area contributed by atoms with Crippen molar-refractivity contribution in [2.75, 3.05) is 7.11 Å². The molecule has 9 heteroatoms. The molecule has 0 aliphatic rings. The molecule has 20 heavy (non-hydrogen) atoms. The Balaban J connectivity index is 3.14. The van der Waals surface area contributed by atoms with Gasteiger partial charge in [0.1, 0.15) is 10.9 Å². The number of rotatable bonds is 5. The molecule has 0 fully saturated rings. The van der Waals surface area contributed by atoms with Crippen LogP contribution in [0.2, 0.25) is 5.02 Å². The van der Waals surface area contributed by atoms with Crippen LogP contribution in [0.5, 0.6) is 0 Å². The summed E-state index contributed by atoms with van der Waals surface area (Å²) in [6.07, 6.45) is 0. The van der Waals surface area contributed by atoms with Crippen molar-refractivity contribution < 1.29 is 27.9 Å². The molecule has 0 unspecified atom stereocenters. The van der Waals surface area contributed by atoms with Gasteiger partial charge in [-0.15, -0.1) is 0 Å². The Morgan fingerprint density at radius 3 is 2.45 bits per heavy atom. The first-order chi connectivity index (χ1) is 9.19. The molecule has 1 aromatic carbocycles. The van der Waals surface area contributed by atoms with E-state index < -0.39 is 28.0 Å². The van der Waals surface area contributed by atoms with E-state index in [-0.39, 0.29) is 15.5 Å². The number of hydrogen-bond donors (Lipinski definition) is 2. The summed E-state index contributed by atoms with van der Waals surface area (Å²) in [6.45, 7) is 1.18. The summed E-state index contributed by atoms with van der Waals surface area (Å²) in [5.74, 6) is -1.99. The summed E-state index contributed by atoms with van der Waals surface area (Å²) in [7, 11) is -2.92. The third kappa shape index (κ3) is 3.69. The van der Waals surface area contributed by atoms with Crippen molar-refractivity contribution in [2.24, 2.45) is 0 Å². The molecule has 0 aliphatic carbocycles. The number of ether oxygens (including phenoxy) is 1. The minimum atomic E-state index is -4.10. The Morgan fingerprint density at radius 2 is 2.00 bits per heavy atom. The highest BCUT2D eigenvalue weighted by molar-refractivity contribution is 7.89. The molecule has 0 saturated carbocycles. The molecule has 1 atom stereocenters. The first-order valence-corrected chi connectivity index (χ1v) is 7.18. The number of sulfonamides is 1. The smallest absolute Gasteiger partial charge is 0.337 e. The number of carbonyl (C=O) groups is 2. The second kappa shape index (κ2) is 6.21. The van der Waals surface area contributed by atoms with Gasteiger partial charge in [-0.2, -0.15) is 4.72 Å². The largest absolute Gasteiger partial charge is 0.480 e. The number of aliphatic carboxylic acids is 1. The molecule has 1 rings (SSSR count). The second-order valence-corrected chi connectivity index (χ2v) is 5.91. The Morgan fingerprint density at radius 1 is 1.40 bits per heavy atom. The van der Waals surface area contributed by atoms with Gasteiger partial charge < -0.3 is 9.84 Å². The third-order valence-electron chi connectivity index (χ3n) is 2.34. The Kier molecular flexibility index (Phi) is 5.09. The minimum absolute atomic E-state index is 0.0859. The van der Waals surface area contributed by atoms with Gasteiger partial charge in [-0.25, -0.2) is 13.2 Å². The average Bonchev–Trinajstić information content (AvgIpc) is 2.36. The second-order valence-electron chi connectivity index (χ2n) is 3.82. The van der Waals surface area contributed by atoms with Crippen LogP contribution in [0.4, 0.5) is 0 Å². The van der Waals surface area contributed by atoms with Crippen molar-refractivity contribution >= 4 is 33.6 Å². The van der Waals surface area contributed by atoms with Gasteiger partial charge in [-0.1, -0.05) is 11.6 Å². The fraction of sp³-hybridized carbons (Fsp3) is 0.273. The van der Waals surface area contributed by atoms with Crippen LogP contribution < -0.4 is 4.72 Å². The van der Waals surface area contributed by atoms with E-state index in [1.54, 1.807) is 0 Å². The van der Waals surface area contributed by atoms with Gasteiger partial charge in [0, 0.05) is 0 Å². The minimum Gasteiger partial charge on any atom is -0.480 e. The van der Waals surface area contributed by atoms with E-state index >= 15 is 0 Å². The molecule has 0 aromatic heterocycles. The van der Waals surface area contributed by atoms with E-state index in [1.807, 2.05) is 4.72 Å². The van der Waals surface area contributed by atoms with Crippen LogP contribution in [0.3, 0.4) is 0 Å². The van der Waals surface area contributed by atoms with Crippen LogP contribution in [0.25, 0.3) is 0 Å². The maximum Gasteiger partial charge on any atom is 0.337 e. The summed E-state index contributed by atoms with van der Waals surface area (Å²) in [5, 5.41) is 8.48. The van der Waals surface area contributed by atoms with Gasteiger partial charge in [0.25, 0.3) is 0 Å². The van der Waals surface area contributed by atoms with Gasteiger partial charge in [0.05, 0.1) is 17.7 Å². The first kappa shape index (κ1) is 16.4. The van der Waals surface area contributed by atoms with E-state index in [2.05, 4.69) is 4.74 Å². The van der Waals surface area contributed by atoms with Crippen LogP contribution in [-0.2, 0) is 19.6 Å². The zero-order chi connectivity index (χ0) is 15.5. The summed E-state index contributed by atoms with van der Waals surface area (Å²) in [6, 6.07) is 2.15. The van der Waals surface area contributed by atoms with Crippen molar-refractivity contribution in [2.45, 2.75) is 17.9 Å². The van der Waals surface area contributed by atoms with Crippen LogP contribution in [-0.4, -0.2) is 38.6 Å². The molecular formula is C11H12ClNO6S. The first-order valence-electron chi connectivity index (χ1n) is 5.32. The molecule has 0 bridgehead atoms. The highest BCUT2D eigenvalue weighted by Gasteiger charge is 2.24. The molecule has 0 aliphatic heterocycles. The standard InChI is InChI=1S/C11H12ClNO6S/c1-6(10(14)15)13-20(17,18)9-4-3-7(5-8(9)12)11(16)19-2/h3-6,13H,1-2H3,(H,14,15)/t6-/m1/s1. The lowest BCUT2D eigenvalue weighted by atomic mass is 10.2. The van der Waals surface area contributed by atoms with Crippen LogP contribution in [0.15, 0.2) is 23.1 Å². The number of hydrogen-bond acceptors (Lipinski definition) is 5. The number of esters is 1. The lowest BCUT2D eigenvalue weighted by molar-refractivity contribution is -0.138. The number of carboxylic acids is 1. The number of benzene rings is 1. The van der Waals surface area contributed by atoms with E-state index in [0.29, 0.717) is 0 Å². The SMILES string of the molecule is COC(=O)c1ccc(S(=O)(=O)N[C@H](C)C(=O)O)c(Cl)c1. The topological polar surface area (TPSA) is 110 Å². The number of carbonyl (C=O) groups excluding carboxylic acids is 1. The van der Waals surface area contributed by atoms with Gasteiger partial charge >= 0.3 is 11.9 Å². The predicted octanol–water partition coefficient (Wildman–Crippen LogP) is 0.878. The Labute approximate surface area is 120 Å². The quantitative estimate of drug-likeness (QED) is 0.779. The van der Waals surface area contributed by atoms with Gasteiger partial charge in [-0.05, 0) is 25.1 Å². The molecule has 2 N–H and O–H groups in total. The molecule has 0 radical (unpaired) electrons. The number of carboxylic acid groups (broad SMARTS) is 1. The normalized spacial score (nSPS) is 12.8. The fourth-order valence-electron chi connectivity index (χ4n) is 1.31. The van der Waals surface area contributed by atoms with E-state index in [9.17, 15) is 18.0 Å². The molecule has 0 saturated heterocycles. The maximum absolute atomic E-state index is 11.9. The molecule has 110 valence electrons. The predicted molar refractivity (Wildman–Crippen MR) is 70.2 cm³/mol. The fourth-order valence-corrected chi connectivity index (χ4v) is 3.05. The van der Waals surface area contributed by atoms with Crippen molar-refractivity contribution in [3.63, 3.8) is 0 Å². The molecule has 1 aromatic rings. The summed E-state index contributed by atoms with van der Waals surface area (Å²) in [4.78, 5) is 21.6. The molecule has 7 nitrogen and oxygen atoms in total.